The normalized spacial score (nSPS) is 9.33. The van der Waals surface area contributed by atoms with Gasteiger partial charge in [-0.3, -0.25) is 4.79 Å². The Balaban J connectivity index is 0.000000921. The second-order valence-corrected chi connectivity index (χ2v) is 2.72. The van der Waals surface area contributed by atoms with Crippen LogP contribution in [0.2, 0.25) is 0 Å². The van der Waals surface area contributed by atoms with Crippen LogP contribution in [0.5, 0.6) is 5.75 Å². The summed E-state index contributed by atoms with van der Waals surface area (Å²) in [4.78, 5) is 10.7. The monoisotopic (exact) mass is 206 g/mol. The number of methoxy groups -OCH3 is 1. The Kier molecular flexibility index (Phi) is 6.98. The molecular weight excluding hydrogens is 188 g/mol. The Morgan fingerprint density at radius 2 is 2.00 bits per heavy atom. The first-order valence-corrected chi connectivity index (χ1v) is 5.05. The quantitative estimate of drug-likeness (QED) is 0.709. The summed E-state index contributed by atoms with van der Waals surface area (Å²) in [5.41, 5.74) is 0.967. The Morgan fingerprint density at radius 1 is 1.33 bits per heavy atom. The number of hydrogen-bond donors (Lipinski definition) is 0. The van der Waals surface area contributed by atoms with Crippen LogP contribution in [0.3, 0.4) is 0 Å². The van der Waals surface area contributed by atoms with E-state index >= 15 is 0 Å². The van der Waals surface area contributed by atoms with Crippen LogP contribution < -0.4 is 4.74 Å². The van der Waals surface area contributed by atoms with Gasteiger partial charge in [-0.25, -0.2) is 0 Å². The van der Waals surface area contributed by atoms with E-state index in [0.717, 1.165) is 11.3 Å². The van der Waals surface area contributed by atoms with E-state index in [-0.39, 0.29) is 5.78 Å². The lowest BCUT2D eigenvalue weighted by molar-refractivity contribution is -0.112. The summed E-state index contributed by atoms with van der Waals surface area (Å²) in [5, 5.41) is 0. The minimum atomic E-state index is 0.0443. The van der Waals surface area contributed by atoms with Gasteiger partial charge in [0.15, 0.2) is 5.78 Å². The molecule has 0 aliphatic heterocycles. The predicted octanol–water partition coefficient (Wildman–Crippen LogP) is 3.32. The molecule has 0 spiro atoms. The molecule has 0 aliphatic carbocycles. The van der Waals surface area contributed by atoms with Gasteiger partial charge in [-0.1, -0.05) is 32.1 Å². The van der Waals surface area contributed by atoms with E-state index in [4.69, 9.17) is 4.74 Å². The summed E-state index contributed by atoms with van der Waals surface area (Å²) in [5.74, 6) is 0.841. The topological polar surface area (TPSA) is 26.3 Å². The molecule has 0 N–H and O–H groups in total. The maximum atomic E-state index is 10.7. The van der Waals surface area contributed by atoms with Gasteiger partial charge in [0.05, 0.1) is 7.11 Å². The van der Waals surface area contributed by atoms with Crippen molar-refractivity contribution in [3.8, 4) is 5.75 Å². The number of ether oxygens (including phenoxy) is 1. The van der Waals surface area contributed by atoms with E-state index in [2.05, 4.69) is 0 Å². The molecule has 0 saturated heterocycles. The van der Waals surface area contributed by atoms with Crippen LogP contribution in [0.1, 0.15) is 26.3 Å². The summed E-state index contributed by atoms with van der Waals surface area (Å²) in [6, 6.07) is 7.55. The van der Waals surface area contributed by atoms with Crippen molar-refractivity contribution < 1.29 is 9.53 Å². The van der Waals surface area contributed by atoms with Crippen molar-refractivity contribution in [1.29, 1.82) is 0 Å². The van der Waals surface area contributed by atoms with Crippen molar-refractivity contribution in [1.82, 2.24) is 0 Å². The minimum Gasteiger partial charge on any atom is -0.497 e. The van der Waals surface area contributed by atoms with E-state index in [1.807, 2.05) is 38.1 Å². The largest absolute Gasteiger partial charge is 0.497 e. The summed E-state index contributed by atoms with van der Waals surface area (Å²) in [7, 11) is 1.62. The minimum absolute atomic E-state index is 0.0443. The predicted molar refractivity (Wildman–Crippen MR) is 64.1 cm³/mol. The van der Waals surface area contributed by atoms with Crippen molar-refractivity contribution in [3.05, 3.63) is 35.9 Å². The fourth-order valence-electron chi connectivity index (χ4n) is 0.959. The number of ketones is 1. The van der Waals surface area contributed by atoms with Crippen molar-refractivity contribution in [3.63, 3.8) is 0 Å². The molecule has 0 aliphatic rings. The Bertz CT molecular complexity index is 327. The molecule has 0 atom stereocenters. The molecule has 1 aromatic rings. The first kappa shape index (κ1) is 13.4. The number of benzene rings is 1. The van der Waals surface area contributed by atoms with Crippen LogP contribution in [-0.2, 0) is 4.79 Å². The number of allylic oxidation sites excluding steroid dienone is 1. The lowest BCUT2D eigenvalue weighted by Gasteiger charge is -1.99. The molecule has 0 amide bonds. The summed E-state index contributed by atoms with van der Waals surface area (Å²) in [6.07, 6.45) is 3.31. The maximum absolute atomic E-state index is 10.7. The molecule has 0 fully saturated rings. The van der Waals surface area contributed by atoms with Gasteiger partial charge in [-0.15, -0.1) is 0 Å². The van der Waals surface area contributed by atoms with E-state index in [0.29, 0.717) is 0 Å². The highest BCUT2D eigenvalue weighted by atomic mass is 16.5. The molecule has 0 heterocycles. The fraction of sp³-hybridized carbons (Fsp3) is 0.308. The summed E-state index contributed by atoms with van der Waals surface area (Å²) in [6.45, 7) is 5.52. The maximum Gasteiger partial charge on any atom is 0.152 e. The van der Waals surface area contributed by atoms with E-state index < -0.39 is 0 Å². The molecular formula is C13H18O2. The second kappa shape index (κ2) is 7.80. The molecule has 0 aromatic heterocycles. The molecule has 2 nitrogen and oxygen atoms in total. The molecule has 2 heteroatoms. The van der Waals surface area contributed by atoms with Gasteiger partial charge in [0.2, 0.25) is 0 Å². The van der Waals surface area contributed by atoms with Gasteiger partial charge < -0.3 is 4.74 Å². The van der Waals surface area contributed by atoms with Gasteiger partial charge in [-0.05, 0) is 30.7 Å². The fourth-order valence-corrected chi connectivity index (χ4v) is 0.959. The van der Waals surface area contributed by atoms with Gasteiger partial charge in [-0.2, -0.15) is 0 Å². The van der Waals surface area contributed by atoms with Crippen LogP contribution in [0.4, 0.5) is 0 Å². The van der Waals surface area contributed by atoms with Gasteiger partial charge in [0.1, 0.15) is 5.75 Å². The molecule has 82 valence electrons. The molecule has 0 saturated carbocycles. The zero-order valence-corrected chi connectivity index (χ0v) is 9.78. The highest BCUT2D eigenvalue weighted by Gasteiger charge is 1.91. The Labute approximate surface area is 91.6 Å². The third kappa shape index (κ3) is 5.68. The second-order valence-electron chi connectivity index (χ2n) is 2.72. The number of rotatable bonds is 3. The molecule has 0 unspecified atom stereocenters. The lowest BCUT2D eigenvalue weighted by Crippen LogP contribution is -1.83. The van der Waals surface area contributed by atoms with Gasteiger partial charge >= 0.3 is 0 Å². The molecule has 0 bridgehead atoms. The Hall–Kier alpha value is -1.57. The van der Waals surface area contributed by atoms with E-state index in [9.17, 15) is 4.79 Å². The molecule has 0 radical (unpaired) electrons. The standard InChI is InChI=1S/C11H12O2.C2H6/c1-9(12)6-7-10-4-3-5-11(8-10)13-2;1-2/h3-8H,1-2H3;1-2H3/b7-6+;. The molecule has 1 rings (SSSR count). The third-order valence-corrected chi connectivity index (χ3v) is 1.60. The molecule has 1 aromatic carbocycles. The van der Waals surface area contributed by atoms with Crippen LogP contribution in [0, 0.1) is 0 Å². The number of hydrogen-bond acceptors (Lipinski definition) is 2. The van der Waals surface area contributed by atoms with Crippen molar-refractivity contribution in [2.75, 3.05) is 7.11 Å². The van der Waals surface area contributed by atoms with Crippen molar-refractivity contribution in [2.24, 2.45) is 0 Å². The SMILES string of the molecule is CC.COc1cccc(/C=C/C(C)=O)c1. The average molecular weight is 206 g/mol. The first-order chi connectivity index (χ1) is 7.22. The van der Waals surface area contributed by atoms with Gasteiger partial charge in [0.25, 0.3) is 0 Å². The van der Waals surface area contributed by atoms with E-state index in [1.165, 1.54) is 13.0 Å². The summed E-state index contributed by atoms with van der Waals surface area (Å²) >= 11 is 0. The first-order valence-electron chi connectivity index (χ1n) is 5.05. The van der Waals surface area contributed by atoms with Gasteiger partial charge in [0, 0.05) is 0 Å². The number of carbonyl (C=O) groups excluding carboxylic acids is 1. The smallest absolute Gasteiger partial charge is 0.152 e. The van der Waals surface area contributed by atoms with Crippen LogP contribution in [0.15, 0.2) is 30.3 Å². The van der Waals surface area contributed by atoms with Crippen LogP contribution >= 0.6 is 0 Å². The zero-order chi connectivity index (χ0) is 11.7. The Morgan fingerprint density at radius 3 is 2.53 bits per heavy atom. The lowest BCUT2D eigenvalue weighted by atomic mass is 10.2. The van der Waals surface area contributed by atoms with Crippen LogP contribution in [0.25, 0.3) is 6.08 Å². The summed E-state index contributed by atoms with van der Waals surface area (Å²) < 4.78 is 5.04. The van der Waals surface area contributed by atoms with E-state index in [1.54, 1.807) is 13.2 Å². The zero-order valence-electron chi connectivity index (χ0n) is 9.78. The van der Waals surface area contributed by atoms with Crippen molar-refractivity contribution >= 4 is 11.9 Å². The average Bonchev–Trinajstić information content (AvgIpc) is 2.29. The van der Waals surface area contributed by atoms with Crippen LogP contribution in [-0.4, -0.2) is 12.9 Å². The highest BCUT2D eigenvalue weighted by Crippen LogP contribution is 2.13. The third-order valence-electron chi connectivity index (χ3n) is 1.60. The highest BCUT2D eigenvalue weighted by molar-refractivity contribution is 5.91. The van der Waals surface area contributed by atoms with Crippen molar-refractivity contribution in [2.45, 2.75) is 20.8 Å². The molecule has 15 heavy (non-hydrogen) atoms. The number of carbonyl (C=O) groups is 1.